The number of halogens is 1. The van der Waals surface area contributed by atoms with Gasteiger partial charge in [-0.2, -0.15) is 0 Å². The molecule has 340 valence electrons. The molecule has 3 rings (SSSR count). The van der Waals surface area contributed by atoms with Crippen molar-refractivity contribution in [3.63, 3.8) is 0 Å². The van der Waals surface area contributed by atoms with Crippen LogP contribution >= 0.6 is 15.9 Å². The quantitative estimate of drug-likeness (QED) is 0.184. The first-order valence-electron chi connectivity index (χ1n) is 20.8. The number of alkyl halides is 1. The van der Waals surface area contributed by atoms with Crippen LogP contribution in [-0.2, 0) is 42.7 Å². The molecule has 0 aromatic carbocycles. The van der Waals surface area contributed by atoms with Gasteiger partial charge in [-0.15, -0.1) is 0 Å². The van der Waals surface area contributed by atoms with E-state index in [2.05, 4.69) is 15.9 Å². The van der Waals surface area contributed by atoms with Crippen molar-refractivity contribution >= 4 is 28.1 Å². The maximum absolute atomic E-state index is 14.4. The van der Waals surface area contributed by atoms with Crippen molar-refractivity contribution in [3.05, 3.63) is 0 Å². The third-order valence-corrected chi connectivity index (χ3v) is 13.0. The smallest absolute Gasteiger partial charge is 0.459 e. The summed E-state index contributed by atoms with van der Waals surface area (Å²) in [6.45, 7) is 17.9. The summed E-state index contributed by atoms with van der Waals surface area (Å²) < 4.78 is 49.3. The molecule has 0 unspecified atom stereocenters. The van der Waals surface area contributed by atoms with Crippen LogP contribution in [-0.4, -0.2) is 179 Å². The third kappa shape index (κ3) is 12.2. The van der Waals surface area contributed by atoms with Gasteiger partial charge in [-0.3, -0.25) is 4.79 Å². The fourth-order valence-electron chi connectivity index (χ4n) is 9.11. The van der Waals surface area contributed by atoms with Crippen LogP contribution in [0, 0.1) is 17.8 Å². The van der Waals surface area contributed by atoms with E-state index in [0.29, 0.717) is 18.3 Å². The van der Waals surface area contributed by atoms with Gasteiger partial charge >= 0.3 is 12.1 Å². The highest BCUT2D eigenvalue weighted by molar-refractivity contribution is 9.09. The molecule has 0 spiro atoms. The lowest BCUT2D eigenvalue weighted by Gasteiger charge is -2.49. The van der Waals surface area contributed by atoms with E-state index in [1.807, 2.05) is 44.8 Å². The molecule has 3 fully saturated rings. The van der Waals surface area contributed by atoms with E-state index < -0.39 is 102 Å². The van der Waals surface area contributed by atoms with Gasteiger partial charge in [0.15, 0.2) is 18.7 Å². The predicted octanol–water partition coefficient (Wildman–Crippen LogP) is 3.46. The van der Waals surface area contributed by atoms with Gasteiger partial charge in [-0.1, -0.05) is 36.7 Å². The Morgan fingerprint density at radius 1 is 0.983 bits per heavy atom. The minimum absolute atomic E-state index is 0.0830. The zero-order valence-electron chi connectivity index (χ0n) is 37.3. The lowest BCUT2D eigenvalue weighted by molar-refractivity contribution is -0.318. The summed E-state index contributed by atoms with van der Waals surface area (Å²) in [5.74, 6) is -2.80. The molecule has 17 heteroatoms. The fraction of sp³-hybridized carbons (Fsp3) is 0.951. The lowest BCUT2D eigenvalue weighted by Crippen LogP contribution is -2.61. The Kier molecular flexibility index (Phi) is 18.7. The average Bonchev–Trinajstić information content (AvgIpc) is 3.14. The molecule has 3 aliphatic rings. The number of cyclic esters (lactones) is 1. The second kappa shape index (κ2) is 21.2. The van der Waals surface area contributed by atoms with Gasteiger partial charge in [0.25, 0.3) is 0 Å². The summed E-state index contributed by atoms with van der Waals surface area (Å²) in [5.41, 5.74) is -4.53. The second-order valence-electron chi connectivity index (χ2n) is 18.0. The van der Waals surface area contributed by atoms with Gasteiger partial charge in [0.2, 0.25) is 0 Å². The number of aliphatic hydroxyl groups excluding tert-OH is 2. The molecule has 0 aliphatic carbocycles. The van der Waals surface area contributed by atoms with E-state index in [0.717, 1.165) is 0 Å². The molecule has 0 radical (unpaired) electrons. The number of rotatable bonds is 10. The molecule has 0 aromatic heterocycles. The van der Waals surface area contributed by atoms with Crippen LogP contribution in [0.3, 0.4) is 0 Å². The SMILES string of the molecule is CC[C@H]1OC(=O)[C@H](C)[C@@H](O[C@H]2C[C@@](C)(OC)[C@@H](O)[C@H](C)O2)[C@H](C)[C@@H](O[C@@H]2O[C@H](C)C[C@H](N(C)C)[C@H]2OC(=O)OCCBr)[C@](C)(O)C[C@@H](C)CN(C)[C@H](C)[C@@H](O)[C@]1(C)O. The molecular weight excluding hydrogens is 824 g/mol. The van der Waals surface area contributed by atoms with E-state index in [-0.39, 0.29) is 43.9 Å². The van der Waals surface area contributed by atoms with Gasteiger partial charge in [0.05, 0.1) is 47.6 Å². The summed E-state index contributed by atoms with van der Waals surface area (Å²) in [7, 11) is 7.06. The molecule has 0 bridgehead atoms. The lowest BCUT2D eigenvalue weighted by atomic mass is 9.77. The van der Waals surface area contributed by atoms with Crippen molar-refractivity contribution in [2.45, 2.75) is 185 Å². The number of carbonyl (C=O) groups is 2. The first-order chi connectivity index (χ1) is 26.8. The molecule has 3 heterocycles. The highest BCUT2D eigenvalue weighted by Crippen LogP contribution is 2.40. The average molecular weight is 900 g/mol. The highest BCUT2D eigenvalue weighted by atomic mass is 79.9. The summed E-state index contributed by atoms with van der Waals surface area (Å²) >= 11 is 3.27. The van der Waals surface area contributed by atoms with Gasteiger partial charge < -0.3 is 68.1 Å². The number of ether oxygens (including phenoxy) is 8. The Morgan fingerprint density at radius 3 is 2.19 bits per heavy atom. The number of likely N-dealkylation sites (N-methyl/N-ethyl adjacent to an activating group) is 2. The second-order valence-corrected chi connectivity index (χ2v) is 18.8. The molecule has 0 aromatic rings. The molecule has 58 heavy (non-hydrogen) atoms. The van der Waals surface area contributed by atoms with E-state index in [1.54, 1.807) is 48.5 Å². The van der Waals surface area contributed by atoms with Gasteiger partial charge in [0.1, 0.15) is 30.5 Å². The van der Waals surface area contributed by atoms with E-state index in [1.165, 1.54) is 14.0 Å². The van der Waals surface area contributed by atoms with Crippen LogP contribution in [0.2, 0.25) is 0 Å². The van der Waals surface area contributed by atoms with Crippen LogP contribution in [0.4, 0.5) is 4.79 Å². The Labute approximate surface area is 354 Å². The van der Waals surface area contributed by atoms with Crippen LogP contribution in [0.25, 0.3) is 0 Å². The van der Waals surface area contributed by atoms with Crippen molar-refractivity contribution in [1.29, 1.82) is 0 Å². The fourth-order valence-corrected chi connectivity index (χ4v) is 9.28. The molecule has 16 nitrogen and oxygen atoms in total. The summed E-state index contributed by atoms with van der Waals surface area (Å²) in [4.78, 5) is 31.2. The van der Waals surface area contributed by atoms with Gasteiger partial charge in [-0.05, 0) is 94.8 Å². The minimum Gasteiger partial charge on any atom is -0.459 e. The normalized spacial score (nSPS) is 45.5. The molecule has 0 saturated carbocycles. The largest absolute Gasteiger partial charge is 0.508 e. The summed E-state index contributed by atoms with van der Waals surface area (Å²) in [5, 5.41) is 47.5. The van der Waals surface area contributed by atoms with E-state index in [4.69, 9.17) is 37.9 Å². The predicted molar refractivity (Wildman–Crippen MR) is 218 cm³/mol. The summed E-state index contributed by atoms with van der Waals surface area (Å²) in [6.07, 6.45) is -9.72. The maximum atomic E-state index is 14.4. The molecule has 3 saturated heterocycles. The Bertz CT molecular complexity index is 1310. The number of methoxy groups -OCH3 is 1. The molecule has 18 atom stereocenters. The van der Waals surface area contributed by atoms with Crippen molar-refractivity contribution in [3.8, 4) is 0 Å². The van der Waals surface area contributed by atoms with Crippen molar-refractivity contribution < 1.29 is 67.9 Å². The van der Waals surface area contributed by atoms with Crippen molar-refractivity contribution in [2.75, 3.05) is 46.7 Å². The maximum Gasteiger partial charge on any atom is 0.508 e. The minimum atomic E-state index is -1.83. The van der Waals surface area contributed by atoms with Crippen LogP contribution in [0.5, 0.6) is 0 Å². The number of hydrogen-bond acceptors (Lipinski definition) is 16. The Hall–Kier alpha value is -1.22. The van der Waals surface area contributed by atoms with Crippen LogP contribution in [0.15, 0.2) is 0 Å². The number of nitrogens with zero attached hydrogens (tertiary/aromatic N) is 2. The Balaban J connectivity index is 2.23. The van der Waals surface area contributed by atoms with Gasteiger partial charge in [0, 0.05) is 37.4 Å². The Morgan fingerprint density at radius 2 is 1.62 bits per heavy atom. The number of esters is 1. The number of aliphatic hydroxyl groups is 4. The van der Waals surface area contributed by atoms with Gasteiger partial charge in [-0.25, -0.2) is 4.79 Å². The standard InChI is InChI=1S/C41H75BrN2O14/c1-15-29-41(10,50)33(45)26(6)44(13)21-22(2)19-39(8,49)35(58-37-32(57-38(48)52-17-16-42)28(43(11)12)18-23(3)53-37)24(4)31(25(5)36(47)55-29)56-30-20-40(9,51-14)34(46)27(7)54-30/h22-35,37,45-46,49-50H,15-21H2,1-14H3/t22-,23-,24+,25-,26-,27+,28+,29-,30+,31+,32-,33-,34+,35-,37+,39-,40-,41-/m1/s1. The monoisotopic (exact) mass is 898 g/mol. The first kappa shape index (κ1) is 51.1. The zero-order chi connectivity index (χ0) is 44.1. The van der Waals surface area contributed by atoms with E-state index >= 15 is 0 Å². The zero-order valence-corrected chi connectivity index (χ0v) is 38.8. The topological polar surface area (TPSA) is 195 Å². The molecule has 0 amide bonds. The molecule has 4 N–H and O–H groups in total. The van der Waals surface area contributed by atoms with Crippen molar-refractivity contribution in [2.24, 2.45) is 17.8 Å². The third-order valence-electron chi connectivity index (χ3n) is 12.7. The molecule has 3 aliphatic heterocycles. The highest BCUT2D eigenvalue weighted by Gasteiger charge is 2.53. The number of carbonyl (C=O) groups excluding carboxylic acids is 2. The van der Waals surface area contributed by atoms with Crippen LogP contribution in [0.1, 0.15) is 94.9 Å². The van der Waals surface area contributed by atoms with Crippen LogP contribution < -0.4 is 0 Å². The van der Waals surface area contributed by atoms with E-state index in [9.17, 15) is 30.0 Å². The van der Waals surface area contributed by atoms with Crippen molar-refractivity contribution in [1.82, 2.24) is 9.80 Å². The summed E-state index contributed by atoms with van der Waals surface area (Å²) in [6, 6.07) is -0.929. The number of hydrogen-bond donors (Lipinski definition) is 4. The first-order valence-corrected chi connectivity index (χ1v) is 21.9. The molecular formula is C41H75BrN2O14.